The molecule has 2 aliphatic heterocycles. The van der Waals surface area contributed by atoms with Crippen molar-refractivity contribution in [3.8, 4) is 0 Å². The number of piperidine rings is 1. The minimum atomic E-state index is 0.346. The Morgan fingerprint density at radius 1 is 1.08 bits per heavy atom. The number of nitrogens with zero attached hydrogens (tertiary/aromatic N) is 5. The third-order valence-corrected chi connectivity index (χ3v) is 7.35. The summed E-state index contributed by atoms with van der Waals surface area (Å²) >= 11 is 0. The smallest absolute Gasteiger partial charge is 0.246 e. The molecular formula is C29H38BN7. The van der Waals surface area contributed by atoms with Crippen molar-refractivity contribution in [1.29, 1.82) is 0 Å². The van der Waals surface area contributed by atoms with Crippen LogP contribution in [0.15, 0.2) is 49.2 Å². The van der Waals surface area contributed by atoms with E-state index in [0.717, 1.165) is 61.1 Å². The third-order valence-electron chi connectivity index (χ3n) is 7.35. The Hall–Kier alpha value is -3.39. The standard InChI is InChI=1S/C29H38BN7/c1-19-12-20(2)14-24(13-19)32-29-31-16-23-17-36(18-27(23)34-29)25-10-11-37(21(3)15-25)22(4)26-8-7-9-28(33-26)35-30(5)6/h7-9,12-14,16,21,25H,4,10-11,15,17-18H2,1-3,5-6H3,(H,33,35)(H,31,32,34)/t21-,25-/m1/s1. The first-order valence-electron chi connectivity index (χ1n) is 13.4. The van der Waals surface area contributed by atoms with Crippen LogP contribution in [0.3, 0.4) is 0 Å². The molecule has 0 bridgehead atoms. The van der Waals surface area contributed by atoms with Crippen LogP contribution < -0.4 is 10.5 Å². The predicted octanol–water partition coefficient (Wildman–Crippen LogP) is 5.73. The van der Waals surface area contributed by atoms with Gasteiger partial charge in [0.05, 0.1) is 17.1 Å². The largest absolute Gasteiger partial charge is 0.413 e. The van der Waals surface area contributed by atoms with E-state index in [0.29, 0.717) is 24.9 Å². The number of aryl methyl sites for hydroxylation is 2. The number of hydrogen-bond donors (Lipinski definition) is 2. The molecule has 3 aromatic rings. The van der Waals surface area contributed by atoms with Crippen molar-refractivity contribution in [3.05, 3.63) is 77.3 Å². The summed E-state index contributed by atoms with van der Waals surface area (Å²) in [4.78, 5) is 19.3. The number of hydrogen-bond acceptors (Lipinski definition) is 7. The molecule has 2 atom stereocenters. The van der Waals surface area contributed by atoms with Crippen molar-refractivity contribution >= 4 is 30.0 Å². The lowest BCUT2D eigenvalue weighted by Gasteiger charge is -2.43. The Bertz CT molecular complexity index is 1270. The first-order chi connectivity index (χ1) is 17.7. The average Bonchev–Trinajstić information content (AvgIpc) is 3.26. The van der Waals surface area contributed by atoms with Crippen LogP contribution in [0.5, 0.6) is 0 Å². The number of aromatic nitrogens is 3. The molecule has 0 spiro atoms. The molecule has 1 aromatic carbocycles. The number of likely N-dealkylation sites (tertiary alicyclic amines) is 1. The molecule has 2 aliphatic rings. The molecule has 1 fully saturated rings. The summed E-state index contributed by atoms with van der Waals surface area (Å²) in [5, 5.41) is 6.79. The molecule has 0 unspecified atom stereocenters. The number of rotatable bonds is 7. The van der Waals surface area contributed by atoms with Crippen LogP contribution in [0.1, 0.15) is 47.8 Å². The van der Waals surface area contributed by atoms with E-state index in [1.54, 1.807) is 0 Å². The van der Waals surface area contributed by atoms with E-state index in [9.17, 15) is 0 Å². The highest BCUT2D eigenvalue weighted by Gasteiger charge is 2.34. The molecular weight excluding hydrogens is 457 g/mol. The minimum absolute atomic E-state index is 0.346. The zero-order valence-corrected chi connectivity index (χ0v) is 22.8. The van der Waals surface area contributed by atoms with E-state index in [4.69, 9.17) is 9.97 Å². The van der Waals surface area contributed by atoms with Crippen LogP contribution in [0.2, 0.25) is 13.6 Å². The maximum Gasteiger partial charge on any atom is 0.246 e. The molecule has 0 aliphatic carbocycles. The van der Waals surface area contributed by atoms with Crippen LogP contribution in [-0.2, 0) is 13.1 Å². The quantitative estimate of drug-likeness (QED) is 0.406. The fraction of sp³-hybridized carbons (Fsp3) is 0.414. The van der Waals surface area contributed by atoms with Crippen molar-refractivity contribution < 1.29 is 0 Å². The number of anilines is 3. The fourth-order valence-electron chi connectivity index (χ4n) is 5.67. The summed E-state index contributed by atoms with van der Waals surface area (Å²) in [6.45, 7) is 18.3. The van der Waals surface area contributed by atoms with Crippen molar-refractivity contribution in [2.75, 3.05) is 17.1 Å². The molecule has 0 amide bonds. The second-order valence-electron chi connectivity index (χ2n) is 10.9. The molecule has 37 heavy (non-hydrogen) atoms. The molecule has 4 heterocycles. The zero-order valence-electron chi connectivity index (χ0n) is 22.8. The molecule has 7 nitrogen and oxygen atoms in total. The van der Waals surface area contributed by atoms with E-state index in [1.807, 2.05) is 12.3 Å². The molecule has 2 aromatic heterocycles. The van der Waals surface area contributed by atoms with Crippen LogP contribution in [0.25, 0.3) is 5.70 Å². The molecule has 8 heteroatoms. The van der Waals surface area contributed by atoms with Gasteiger partial charge in [0.2, 0.25) is 12.8 Å². The topological polar surface area (TPSA) is 69.2 Å². The molecule has 2 N–H and O–H groups in total. The van der Waals surface area contributed by atoms with Gasteiger partial charge in [0.15, 0.2) is 0 Å². The van der Waals surface area contributed by atoms with Gasteiger partial charge in [-0.3, -0.25) is 4.90 Å². The summed E-state index contributed by atoms with van der Waals surface area (Å²) in [6, 6.07) is 13.5. The maximum absolute atomic E-state index is 4.88. The van der Waals surface area contributed by atoms with E-state index < -0.39 is 0 Å². The second kappa shape index (κ2) is 10.5. The fourth-order valence-corrected chi connectivity index (χ4v) is 5.67. The molecule has 192 valence electrons. The van der Waals surface area contributed by atoms with Gasteiger partial charge in [-0.25, -0.2) is 15.0 Å². The van der Waals surface area contributed by atoms with Crippen LogP contribution in [-0.4, -0.2) is 50.2 Å². The molecule has 0 saturated carbocycles. The first kappa shape index (κ1) is 25.3. The van der Waals surface area contributed by atoms with Gasteiger partial charge in [0.25, 0.3) is 0 Å². The van der Waals surface area contributed by atoms with E-state index in [-0.39, 0.29) is 0 Å². The van der Waals surface area contributed by atoms with Gasteiger partial charge in [-0.05, 0) is 69.0 Å². The third kappa shape index (κ3) is 5.80. The molecule has 5 rings (SSSR count). The van der Waals surface area contributed by atoms with Crippen LogP contribution in [0, 0.1) is 13.8 Å². The van der Waals surface area contributed by atoms with Crippen molar-refractivity contribution in [3.63, 3.8) is 0 Å². The van der Waals surface area contributed by atoms with Crippen molar-refractivity contribution in [2.45, 2.75) is 72.4 Å². The Morgan fingerprint density at radius 2 is 1.86 bits per heavy atom. The Labute approximate surface area is 221 Å². The SMILES string of the molecule is C=C(c1cccc(NB(C)C)n1)N1CC[C@@H](N2Cc3cnc(Nc4cc(C)cc(C)c4)nc3C2)C[C@H]1C. The Kier molecular flexibility index (Phi) is 7.20. The first-order valence-corrected chi connectivity index (χ1v) is 13.4. The van der Waals surface area contributed by atoms with Crippen LogP contribution in [0.4, 0.5) is 17.5 Å². The zero-order chi connectivity index (χ0) is 26.1. The number of benzene rings is 1. The lowest BCUT2D eigenvalue weighted by molar-refractivity contribution is 0.102. The van der Waals surface area contributed by atoms with E-state index in [2.05, 4.69) is 96.7 Å². The number of pyridine rings is 1. The lowest BCUT2D eigenvalue weighted by Crippen LogP contribution is -2.46. The summed E-state index contributed by atoms with van der Waals surface area (Å²) in [5.74, 6) is 1.57. The monoisotopic (exact) mass is 495 g/mol. The highest BCUT2D eigenvalue weighted by atomic mass is 15.2. The van der Waals surface area contributed by atoms with E-state index >= 15 is 0 Å². The van der Waals surface area contributed by atoms with Gasteiger partial charge in [0, 0.05) is 49.2 Å². The molecule has 1 saturated heterocycles. The van der Waals surface area contributed by atoms with Crippen molar-refractivity contribution in [1.82, 2.24) is 24.8 Å². The molecule has 0 radical (unpaired) electrons. The van der Waals surface area contributed by atoms with Gasteiger partial charge >= 0.3 is 0 Å². The van der Waals surface area contributed by atoms with Gasteiger partial charge in [0.1, 0.15) is 5.82 Å². The Morgan fingerprint density at radius 3 is 2.59 bits per heavy atom. The highest BCUT2D eigenvalue weighted by Crippen LogP contribution is 2.33. The number of fused-ring (bicyclic) bond motifs is 1. The normalized spacial score (nSPS) is 19.4. The summed E-state index contributed by atoms with van der Waals surface area (Å²) < 4.78 is 0. The minimum Gasteiger partial charge on any atom is -0.413 e. The maximum atomic E-state index is 4.88. The Balaban J connectivity index is 1.21. The second-order valence-corrected chi connectivity index (χ2v) is 10.9. The van der Waals surface area contributed by atoms with Gasteiger partial charge in [-0.15, -0.1) is 0 Å². The highest BCUT2D eigenvalue weighted by molar-refractivity contribution is 6.59. The summed E-state index contributed by atoms with van der Waals surface area (Å²) in [7, 11) is 0. The van der Waals surface area contributed by atoms with E-state index in [1.165, 1.54) is 16.7 Å². The number of nitrogens with one attached hydrogen (secondary N) is 2. The van der Waals surface area contributed by atoms with Crippen LogP contribution >= 0.6 is 0 Å². The predicted molar refractivity (Wildman–Crippen MR) is 154 cm³/mol. The lowest BCUT2D eigenvalue weighted by atomic mass is 9.69. The van der Waals surface area contributed by atoms with Gasteiger partial charge < -0.3 is 15.4 Å². The van der Waals surface area contributed by atoms with Gasteiger partial charge in [-0.2, -0.15) is 0 Å². The van der Waals surface area contributed by atoms with Gasteiger partial charge in [-0.1, -0.05) is 32.4 Å². The average molecular weight is 495 g/mol. The summed E-state index contributed by atoms with van der Waals surface area (Å²) in [6.07, 6.45) is 4.19. The van der Waals surface area contributed by atoms with Crippen molar-refractivity contribution in [2.24, 2.45) is 0 Å². The summed E-state index contributed by atoms with van der Waals surface area (Å²) in [5.41, 5.74) is 7.83.